The van der Waals surface area contributed by atoms with Crippen LogP contribution in [0.4, 0.5) is 0 Å². The lowest BCUT2D eigenvalue weighted by Crippen LogP contribution is -2.33. The van der Waals surface area contributed by atoms with Crippen molar-refractivity contribution in [2.45, 2.75) is 6.92 Å². The van der Waals surface area contributed by atoms with Crippen molar-refractivity contribution in [1.29, 1.82) is 0 Å². The van der Waals surface area contributed by atoms with E-state index in [1.165, 1.54) is 14.2 Å². The summed E-state index contributed by atoms with van der Waals surface area (Å²) in [6.45, 7) is 1.58. The summed E-state index contributed by atoms with van der Waals surface area (Å²) < 4.78 is 11.3. The van der Waals surface area contributed by atoms with Crippen LogP contribution in [0.25, 0.3) is 10.9 Å². The van der Waals surface area contributed by atoms with Gasteiger partial charge in [0, 0.05) is 0 Å². The topological polar surface area (TPSA) is 79.7 Å². The minimum atomic E-state index is -0.781. The largest absolute Gasteiger partial charge is 0.496 e. The maximum absolute atomic E-state index is 12.6. The van der Waals surface area contributed by atoms with Gasteiger partial charge in [0.05, 0.1) is 25.1 Å². The number of hydrogen-bond donors (Lipinski definition) is 0. The van der Waals surface area contributed by atoms with Gasteiger partial charge in [-0.25, -0.2) is 9.78 Å². The van der Waals surface area contributed by atoms with Gasteiger partial charge in [-0.3, -0.25) is 4.79 Å². The van der Waals surface area contributed by atoms with E-state index in [0.717, 1.165) is 4.73 Å². The van der Waals surface area contributed by atoms with Gasteiger partial charge in [0.1, 0.15) is 22.9 Å². The number of carbonyl (C=O) groups excluding carboxylic acids is 1. The molecule has 0 aliphatic rings. The molecule has 0 amide bonds. The zero-order valence-electron chi connectivity index (χ0n) is 14.0. The summed E-state index contributed by atoms with van der Waals surface area (Å²) in [6.07, 6.45) is 0. The molecule has 0 atom stereocenters. The van der Waals surface area contributed by atoms with Crippen LogP contribution in [-0.2, 0) is 0 Å². The molecule has 0 spiro atoms. The number of hydrogen-bond acceptors (Lipinski definition) is 6. The molecule has 0 fully saturated rings. The Hall–Kier alpha value is -3.35. The molecular formula is C18H16N2O5. The van der Waals surface area contributed by atoms with Crippen LogP contribution >= 0.6 is 0 Å². The van der Waals surface area contributed by atoms with Crippen LogP contribution in [0.1, 0.15) is 16.2 Å². The van der Waals surface area contributed by atoms with Crippen molar-refractivity contribution in [2.24, 2.45) is 0 Å². The van der Waals surface area contributed by atoms with Crippen molar-refractivity contribution >= 4 is 16.9 Å². The van der Waals surface area contributed by atoms with E-state index in [4.69, 9.17) is 14.3 Å². The average molecular weight is 340 g/mol. The van der Waals surface area contributed by atoms with Gasteiger partial charge >= 0.3 is 5.97 Å². The lowest BCUT2D eigenvalue weighted by molar-refractivity contribution is 0.0421. The SMILES string of the molecule is COc1cccc(OC)c1C(=O)On1c(C)nc2ccccc2c1=O. The first-order valence-electron chi connectivity index (χ1n) is 7.49. The van der Waals surface area contributed by atoms with E-state index in [1.807, 2.05) is 0 Å². The summed E-state index contributed by atoms with van der Waals surface area (Å²) in [7, 11) is 2.86. The highest BCUT2D eigenvalue weighted by Gasteiger charge is 2.22. The molecule has 3 rings (SSSR count). The number of para-hydroxylation sites is 1. The second kappa shape index (κ2) is 6.64. The summed E-state index contributed by atoms with van der Waals surface area (Å²) in [4.78, 5) is 34.8. The quantitative estimate of drug-likeness (QED) is 0.723. The fraction of sp³-hybridized carbons (Fsp3) is 0.167. The third-order valence-electron chi connectivity index (χ3n) is 3.70. The number of carbonyl (C=O) groups is 1. The molecule has 7 heteroatoms. The molecule has 1 aromatic heterocycles. The fourth-order valence-electron chi connectivity index (χ4n) is 2.52. The summed E-state index contributed by atoms with van der Waals surface area (Å²) in [5.74, 6) is 0.0371. The van der Waals surface area contributed by atoms with E-state index < -0.39 is 11.5 Å². The number of ether oxygens (including phenoxy) is 2. The summed E-state index contributed by atoms with van der Waals surface area (Å²) in [6, 6.07) is 11.7. The molecule has 0 aliphatic heterocycles. The van der Waals surface area contributed by atoms with E-state index in [-0.39, 0.29) is 22.9 Å². The Bertz CT molecular complexity index is 988. The molecule has 2 aromatic carbocycles. The molecule has 0 bridgehead atoms. The molecule has 0 radical (unpaired) electrons. The van der Waals surface area contributed by atoms with Crippen LogP contribution in [0.5, 0.6) is 11.5 Å². The van der Waals surface area contributed by atoms with Crippen molar-refractivity contribution in [3.8, 4) is 11.5 Å². The molecule has 0 aliphatic carbocycles. The maximum atomic E-state index is 12.6. The van der Waals surface area contributed by atoms with Crippen molar-refractivity contribution in [1.82, 2.24) is 9.71 Å². The first-order chi connectivity index (χ1) is 12.1. The minimum absolute atomic E-state index is 0.0898. The van der Waals surface area contributed by atoms with E-state index in [0.29, 0.717) is 10.9 Å². The number of nitrogens with zero attached hydrogens (tertiary/aromatic N) is 2. The number of aromatic nitrogens is 2. The lowest BCUT2D eigenvalue weighted by Gasteiger charge is -2.14. The van der Waals surface area contributed by atoms with Crippen LogP contribution in [-0.4, -0.2) is 29.9 Å². The first-order valence-corrected chi connectivity index (χ1v) is 7.49. The summed E-state index contributed by atoms with van der Waals surface area (Å²) >= 11 is 0. The van der Waals surface area contributed by atoms with Crippen molar-refractivity contribution in [3.63, 3.8) is 0 Å². The summed E-state index contributed by atoms with van der Waals surface area (Å²) in [5, 5.41) is 0.355. The third-order valence-corrected chi connectivity index (χ3v) is 3.70. The minimum Gasteiger partial charge on any atom is -0.496 e. The standard InChI is InChI=1S/C18H16N2O5/c1-11-19-13-8-5-4-7-12(13)17(21)20(11)25-18(22)16-14(23-2)9-6-10-15(16)24-3/h4-10H,1-3H3. The van der Waals surface area contributed by atoms with Gasteiger partial charge in [0.15, 0.2) is 0 Å². The highest BCUT2D eigenvalue weighted by molar-refractivity contribution is 5.96. The van der Waals surface area contributed by atoms with Gasteiger partial charge in [-0.05, 0) is 31.2 Å². The monoisotopic (exact) mass is 340 g/mol. The van der Waals surface area contributed by atoms with Gasteiger partial charge in [0.25, 0.3) is 5.56 Å². The molecule has 0 N–H and O–H groups in total. The molecule has 0 saturated heterocycles. The number of aryl methyl sites for hydroxylation is 1. The molecule has 128 valence electrons. The van der Waals surface area contributed by atoms with Gasteiger partial charge in [0.2, 0.25) is 0 Å². The van der Waals surface area contributed by atoms with Gasteiger partial charge < -0.3 is 14.3 Å². The molecule has 0 saturated carbocycles. The van der Waals surface area contributed by atoms with E-state index in [1.54, 1.807) is 49.4 Å². The van der Waals surface area contributed by atoms with Crippen molar-refractivity contribution in [2.75, 3.05) is 14.2 Å². The Labute approximate surface area is 143 Å². The predicted molar refractivity (Wildman–Crippen MR) is 91.2 cm³/mol. The van der Waals surface area contributed by atoms with Crippen LogP contribution in [0.15, 0.2) is 47.3 Å². The Morgan fingerprint density at radius 3 is 2.28 bits per heavy atom. The molecule has 7 nitrogen and oxygen atoms in total. The molecule has 0 unspecified atom stereocenters. The highest BCUT2D eigenvalue weighted by atomic mass is 16.7. The Balaban J connectivity index is 2.08. The van der Waals surface area contributed by atoms with E-state index in [9.17, 15) is 9.59 Å². The van der Waals surface area contributed by atoms with Crippen molar-refractivity contribution in [3.05, 3.63) is 64.2 Å². The van der Waals surface area contributed by atoms with Gasteiger partial charge in [-0.1, -0.05) is 18.2 Å². The fourth-order valence-corrected chi connectivity index (χ4v) is 2.52. The second-order valence-electron chi connectivity index (χ2n) is 5.19. The molecular weight excluding hydrogens is 324 g/mol. The van der Waals surface area contributed by atoms with E-state index >= 15 is 0 Å². The second-order valence-corrected chi connectivity index (χ2v) is 5.19. The van der Waals surface area contributed by atoms with E-state index in [2.05, 4.69) is 4.98 Å². The Morgan fingerprint density at radius 1 is 1.00 bits per heavy atom. The number of benzene rings is 2. The molecule has 3 aromatic rings. The Kier molecular flexibility index (Phi) is 4.38. The molecule has 1 heterocycles. The first kappa shape index (κ1) is 16.5. The van der Waals surface area contributed by atoms with Crippen LogP contribution in [0.2, 0.25) is 0 Å². The molecule has 25 heavy (non-hydrogen) atoms. The van der Waals surface area contributed by atoms with Crippen molar-refractivity contribution < 1.29 is 19.1 Å². The third kappa shape index (κ3) is 2.91. The normalized spacial score (nSPS) is 10.5. The predicted octanol–water partition coefficient (Wildman–Crippen LogP) is 1.99. The Morgan fingerprint density at radius 2 is 1.64 bits per heavy atom. The number of rotatable bonds is 4. The number of methoxy groups -OCH3 is 2. The average Bonchev–Trinajstić information content (AvgIpc) is 2.64. The van der Waals surface area contributed by atoms with Gasteiger partial charge in [-0.15, -0.1) is 4.73 Å². The van der Waals surface area contributed by atoms with Crippen LogP contribution in [0.3, 0.4) is 0 Å². The highest BCUT2D eigenvalue weighted by Crippen LogP contribution is 2.28. The number of fused-ring (bicyclic) bond motifs is 1. The van der Waals surface area contributed by atoms with Crippen LogP contribution in [0, 0.1) is 6.92 Å². The zero-order chi connectivity index (χ0) is 18.0. The smallest absolute Gasteiger partial charge is 0.371 e. The van der Waals surface area contributed by atoms with Gasteiger partial charge in [-0.2, -0.15) is 0 Å². The zero-order valence-corrected chi connectivity index (χ0v) is 14.0. The van der Waals surface area contributed by atoms with Crippen LogP contribution < -0.4 is 19.9 Å². The lowest BCUT2D eigenvalue weighted by atomic mass is 10.2. The summed E-state index contributed by atoms with van der Waals surface area (Å²) in [5.41, 5.74) is 0.157. The maximum Gasteiger partial charge on any atom is 0.371 e.